The summed E-state index contributed by atoms with van der Waals surface area (Å²) in [6.45, 7) is 0. The second-order valence-electron chi connectivity index (χ2n) is 1.61. The van der Waals surface area contributed by atoms with Gasteiger partial charge in [0.1, 0.15) is 0 Å². The molecular weight excluding hydrogens is 219 g/mol. The van der Waals surface area contributed by atoms with Gasteiger partial charge in [-0.3, -0.25) is 0 Å². The van der Waals surface area contributed by atoms with Gasteiger partial charge in [-0.25, -0.2) is 9.49 Å². The van der Waals surface area contributed by atoms with Gasteiger partial charge in [-0.15, -0.1) is 0 Å². The summed E-state index contributed by atoms with van der Waals surface area (Å²) in [7, 11) is 3.71. The summed E-state index contributed by atoms with van der Waals surface area (Å²) in [6.07, 6.45) is 3.70. The minimum Gasteiger partial charge on any atom is -0.220 e. The Morgan fingerprint density at radius 3 is 2.70 bits per heavy atom. The zero-order valence-electron chi connectivity index (χ0n) is 4.97. The normalized spacial score (nSPS) is 30.2. The molecule has 0 N–H and O–H groups in total. The molecular formula is C3H5N2P5. The molecule has 3 unspecified atom stereocenters. The molecule has 3 atom stereocenters. The Kier molecular flexibility index (Phi) is 2.84. The van der Waals surface area contributed by atoms with Crippen molar-refractivity contribution in [2.45, 2.75) is 0 Å². The number of aromatic nitrogens is 2. The summed E-state index contributed by atoms with van der Waals surface area (Å²) in [5, 5.41) is 0. The molecule has 0 aromatic carbocycles. The van der Waals surface area contributed by atoms with Gasteiger partial charge in [-0.2, -0.15) is 0 Å². The summed E-state index contributed by atoms with van der Waals surface area (Å²) in [6, 6.07) is 0. The van der Waals surface area contributed by atoms with E-state index >= 15 is 0 Å². The van der Waals surface area contributed by atoms with Crippen molar-refractivity contribution in [3.8, 4) is 0 Å². The fourth-order valence-corrected chi connectivity index (χ4v) is 27.0. The highest BCUT2D eigenvalue weighted by molar-refractivity contribution is 8.82. The van der Waals surface area contributed by atoms with Crippen molar-refractivity contribution in [1.29, 1.82) is 0 Å². The van der Waals surface area contributed by atoms with Crippen molar-refractivity contribution >= 4 is 44.2 Å². The van der Waals surface area contributed by atoms with Gasteiger partial charge in [0.15, 0.2) is 0 Å². The molecule has 0 radical (unpaired) electrons. The van der Waals surface area contributed by atoms with E-state index in [0.29, 0.717) is 0 Å². The van der Waals surface area contributed by atoms with Gasteiger partial charge in [0.05, 0.1) is 19.9 Å². The first-order chi connectivity index (χ1) is 4.97. The van der Waals surface area contributed by atoms with Crippen LogP contribution in [0.5, 0.6) is 0 Å². The van der Waals surface area contributed by atoms with E-state index in [1.807, 2.05) is 12.4 Å². The van der Waals surface area contributed by atoms with E-state index in [2.05, 4.69) is 15.0 Å². The summed E-state index contributed by atoms with van der Waals surface area (Å²) >= 11 is 0. The van der Waals surface area contributed by atoms with E-state index in [1.165, 1.54) is 0 Å². The fraction of sp³-hybridized carbons (Fsp3) is 0. The van der Waals surface area contributed by atoms with E-state index in [4.69, 9.17) is 0 Å². The number of hydrogen-bond donors (Lipinski definition) is 0. The molecule has 10 heavy (non-hydrogen) atoms. The Labute approximate surface area is 66.5 Å². The van der Waals surface area contributed by atoms with Gasteiger partial charge in [-0.1, -0.05) is 7.89 Å². The molecule has 2 nitrogen and oxygen atoms in total. The summed E-state index contributed by atoms with van der Waals surface area (Å²) in [5.41, 5.74) is 2.44. The summed E-state index contributed by atoms with van der Waals surface area (Å²) < 4.78 is 8.68. The second kappa shape index (κ2) is 3.67. The molecule has 1 aromatic heterocycles. The van der Waals surface area contributed by atoms with Crippen LogP contribution < -0.4 is 0 Å². The zero-order valence-corrected chi connectivity index (χ0v) is 9.65. The molecule has 0 bridgehead atoms. The molecule has 0 saturated heterocycles. The first-order valence-corrected chi connectivity index (χ1v) is 11.7. The van der Waals surface area contributed by atoms with Crippen LogP contribution in [0.1, 0.15) is 0 Å². The molecule has 1 aliphatic rings. The van der Waals surface area contributed by atoms with Crippen molar-refractivity contribution in [3.05, 3.63) is 12.4 Å². The third kappa shape index (κ3) is 1.64. The first kappa shape index (κ1) is 7.73. The number of nitrogens with zero attached hydrogens (tertiary/aromatic N) is 2. The van der Waals surface area contributed by atoms with Crippen LogP contribution in [0.25, 0.3) is 0 Å². The van der Waals surface area contributed by atoms with E-state index in [-0.39, 0.29) is 14.8 Å². The molecule has 0 spiro atoms. The maximum absolute atomic E-state index is 4.34. The average Bonchev–Trinajstić information content (AvgIpc) is 2.59. The number of hydrogen-bond acceptors (Lipinski definition) is 2. The summed E-state index contributed by atoms with van der Waals surface area (Å²) in [5.74, 6) is 0. The maximum atomic E-state index is 4.34. The van der Waals surface area contributed by atoms with Crippen LogP contribution in [0.2, 0.25) is 0 Å². The lowest BCUT2D eigenvalue weighted by molar-refractivity contribution is 1.53. The predicted molar refractivity (Wildman–Crippen MR) is 56.7 cm³/mol. The maximum Gasteiger partial charge on any atom is 0.0978 e. The molecule has 2 rings (SSSR count). The fourth-order valence-electron chi connectivity index (χ4n) is 0.603. The van der Waals surface area contributed by atoms with E-state index in [0.717, 1.165) is 15.9 Å². The monoisotopic (exact) mass is 224 g/mol. The molecule has 1 aromatic rings. The highest BCUT2D eigenvalue weighted by Gasteiger charge is 2.13. The largest absolute Gasteiger partial charge is 0.220 e. The molecule has 0 aliphatic carbocycles. The highest BCUT2D eigenvalue weighted by atomic mass is 32.7. The van der Waals surface area contributed by atoms with Crippen molar-refractivity contribution in [1.82, 2.24) is 9.49 Å². The summed E-state index contributed by atoms with van der Waals surface area (Å²) in [4.78, 5) is 0. The van der Waals surface area contributed by atoms with Gasteiger partial charge in [-0.05, 0) is 21.5 Å². The van der Waals surface area contributed by atoms with Gasteiger partial charge in [0.25, 0.3) is 0 Å². The lowest BCUT2D eigenvalue weighted by Gasteiger charge is -1.99. The molecule has 1 aliphatic heterocycles. The van der Waals surface area contributed by atoms with Crippen LogP contribution >= 0.6 is 38.6 Å². The topological polar surface area (TPSA) is 25.8 Å². The Hall–Kier alpha value is 1.10. The first-order valence-electron chi connectivity index (χ1n) is 2.66. The minimum absolute atomic E-state index is 0.126. The van der Waals surface area contributed by atoms with Crippen molar-refractivity contribution in [2.75, 3.05) is 0 Å². The SMILES string of the molecule is C1=PPPP1p1nccn1. The van der Waals surface area contributed by atoms with Crippen LogP contribution in [-0.2, 0) is 0 Å². The zero-order chi connectivity index (χ0) is 6.81. The van der Waals surface area contributed by atoms with Gasteiger partial charge >= 0.3 is 0 Å². The number of rotatable bonds is 1. The van der Waals surface area contributed by atoms with Gasteiger partial charge in [0, 0.05) is 7.30 Å². The lowest BCUT2D eigenvalue weighted by Crippen LogP contribution is -1.53. The third-order valence-corrected chi connectivity index (χ3v) is 21.1. The molecule has 52 valence electrons. The molecule has 2 heterocycles. The second-order valence-corrected chi connectivity index (χ2v) is 16.0. The minimum atomic E-state index is -0.286. The Morgan fingerprint density at radius 1 is 1.30 bits per heavy atom. The van der Waals surface area contributed by atoms with E-state index in [1.54, 1.807) is 7.89 Å². The molecule has 0 amide bonds. The van der Waals surface area contributed by atoms with Crippen LogP contribution in [0.15, 0.2) is 12.4 Å². The van der Waals surface area contributed by atoms with Crippen molar-refractivity contribution in [3.63, 3.8) is 0 Å². The van der Waals surface area contributed by atoms with Gasteiger partial charge < -0.3 is 0 Å². The van der Waals surface area contributed by atoms with Crippen LogP contribution in [0, 0.1) is 0 Å². The van der Waals surface area contributed by atoms with Crippen LogP contribution in [-0.4, -0.2) is 15.0 Å². The lowest BCUT2D eigenvalue weighted by atomic mass is 11.0. The Bertz CT molecular complexity index is 231. The highest BCUT2D eigenvalue weighted by Crippen LogP contribution is 2.83. The molecule has 0 fully saturated rings. The molecule has 0 saturated carbocycles. The average molecular weight is 224 g/mol. The third-order valence-electron chi connectivity index (χ3n) is 0.995. The quantitative estimate of drug-likeness (QED) is 0.681. The predicted octanol–water partition coefficient (Wildman–Crippen LogP) is 3.53. The van der Waals surface area contributed by atoms with Crippen LogP contribution in [0.4, 0.5) is 0 Å². The van der Waals surface area contributed by atoms with Gasteiger partial charge in [0.2, 0.25) is 0 Å². The van der Waals surface area contributed by atoms with Crippen molar-refractivity contribution < 1.29 is 0 Å². The van der Waals surface area contributed by atoms with E-state index < -0.39 is 0 Å². The standard InChI is InChI=1S/C3H5N2P5/c1-2-5-10(4-1)9-3-6-7-8-9/h1-3,7-8H. The smallest absolute Gasteiger partial charge is 0.0978 e. The Morgan fingerprint density at radius 2 is 2.10 bits per heavy atom. The van der Waals surface area contributed by atoms with Crippen LogP contribution in [0.3, 0.4) is 0 Å². The van der Waals surface area contributed by atoms with Crippen molar-refractivity contribution in [2.24, 2.45) is 0 Å². The Balaban J connectivity index is 2.20. The molecule has 7 heteroatoms. The van der Waals surface area contributed by atoms with E-state index in [9.17, 15) is 0 Å².